The van der Waals surface area contributed by atoms with Crippen LogP contribution in [0, 0.1) is 0 Å². The van der Waals surface area contributed by atoms with Gasteiger partial charge in [-0.3, -0.25) is 14.4 Å². The SMILES string of the molecule is CC(c1ccccc1)N1C(=O)C(=O)N(CC(=O)c2sccc2Br)C1=O. The lowest BCUT2D eigenvalue weighted by atomic mass is 10.1. The van der Waals surface area contributed by atoms with Crippen molar-refractivity contribution in [1.82, 2.24) is 9.80 Å². The van der Waals surface area contributed by atoms with Crippen LogP contribution in [0.2, 0.25) is 0 Å². The highest BCUT2D eigenvalue weighted by atomic mass is 79.9. The molecule has 25 heavy (non-hydrogen) atoms. The van der Waals surface area contributed by atoms with E-state index in [4.69, 9.17) is 0 Å². The van der Waals surface area contributed by atoms with Crippen molar-refractivity contribution in [2.45, 2.75) is 13.0 Å². The molecule has 1 aliphatic rings. The molecular formula is C17H13BrN2O4S. The average molecular weight is 421 g/mol. The van der Waals surface area contributed by atoms with E-state index in [1.165, 1.54) is 11.3 Å². The van der Waals surface area contributed by atoms with Gasteiger partial charge in [0, 0.05) is 4.47 Å². The van der Waals surface area contributed by atoms with Crippen molar-refractivity contribution in [1.29, 1.82) is 0 Å². The van der Waals surface area contributed by atoms with Crippen LogP contribution < -0.4 is 0 Å². The third-order valence-corrected chi connectivity index (χ3v) is 5.80. The number of carbonyl (C=O) groups is 4. The summed E-state index contributed by atoms with van der Waals surface area (Å²) in [6.45, 7) is 1.21. The van der Waals surface area contributed by atoms with E-state index in [-0.39, 0.29) is 0 Å². The van der Waals surface area contributed by atoms with E-state index in [2.05, 4.69) is 15.9 Å². The fourth-order valence-corrected chi connectivity index (χ4v) is 4.12. The van der Waals surface area contributed by atoms with Crippen molar-refractivity contribution in [2.75, 3.05) is 6.54 Å². The van der Waals surface area contributed by atoms with E-state index < -0.39 is 36.2 Å². The van der Waals surface area contributed by atoms with Crippen LogP contribution in [0.5, 0.6) is 0 Å². The topological polar surface area (TPSA) is 74.8 Å². The predicted molar refractivity (Wildman–Crippen MR) is 95.2 cm³/mol. The number of thiophene rings is 1. The lowest BCUT2D eigenvalue weighted by Crippen LogP contribution is -2.37. The standard InChI is InChI=1S/C17H13BrN2O4S/c1-10(11-5-3-2-4-6-11)20-16(23)15(22)19(17(20)24)9-13(21)14-12(18)7-8-25-14/h2-8,10H,9H2,1H3. The summed E-state index contributed by atoms with van der Waals surface area (Å²) in [6, 6.07) is 9.27. The number of carbonyl (C=O) groups excluding carboxylic acids is 4. The number of ketones is 1. The molecule has 8 heteroatoms. The van der Waals surface area contributed by atoms with Gasteiger partial charge in [0.05, 0.1) is 17.5 Å². The van der Waals surface area contributed by atoms with Gasteiger partial charge in [-0.15, -0.1) is 11.3 Å². The number of halogens is 1. The highest BCUT2D eigenvalue weighted by Gasteiger charge is 2.47. The fourth-order valence-electron chi connectivity index (χ4n) is 2.59. The van der Waals surface area contributed by atoms with Crippen molar-refractivity contribution in [3.63, 3.8) is 0 Å². The molecule has 2 aromatic rings. The summed E-state index contributed by atoms with van der Waals surface area (Å²) in [7, 11) is 0. The van der Waals surface area contributed by atoms with Crippen LogP contribution in [0.25, 0.3) is 0 Å². The Kier molecular flexibility index (Phi) is 4.82. The van der Waals surface area contributed by atoms with E-state index >= 15 is 0 Å². The van der Waals surface area contributed by atoms with Crippen molar-refractivity contribution >= 4 is 50.9 Å². The zero-order chi connectivity index (χ0) is 18.1. The van der Waals surface area contributed by atoms with Crippen LogP contribution in [-0.4, -0.2) is 40.0 Å². The number of amides is 4. The first-order chi connectivity index (χ1) is 11.9. The van der Waals surface area contributed by atoms with Crippen LogP contribution in [0.1, 0.15) is 28.2 Å². The number of Topliss-reactive ketones (excluding diaryl/α,β-unsaturated/α-hetero) is 1. The summed E-state index contributed by atoms with van der Waals surface area (Å²) in [4.78, 5) is 51.4. The Bertz CT molecular complexity index is 865. The van der Waals surface area contributed by atoms with Gasteiger partial charge >= 0.3 is 17.8 Å². The van der Waals surface area contributed by atoms with E-state index in [1.54, 1.807) is 42.6 Å². The predicted octanol–water partition coefficient (Wildman–Crippen LogP) is 3.25. The van der Waals surface area contributed by atoms with Crippen LogP contribution in [0.4, 0.5) is 4.79 Å². The maximum Gasteiger partial charge on any atom is 0.335 e. The molecule has 0 spiro atoms. The molecule has 2 heterocycles. The van der Waals surface area contributed by atoms with E-state index in [9.17, 15) is 19.2 Å². The molecular weight excluding hydrogens is 408 g/mol. The minimum Gasteiger partial charge on any atom is -0.291 e. The van der Waals surface area contributed by atoms with Gasteiger partial charge in [-0.1, -0.05) is 30.3 Å². The first kappa shape index (κ1) is 17.5. The number of imide groups is 2. The second kappa shape index (κ2) is 6.89. The van der Waals surface area contributed by atoms with Gasteiger partial charge in [0.1, 0.15) is 0 Å². The second-order valence-electron chi connectivity index (χ2n) is 5.46. The highest BCUT2D eigenvalue weighted by molar-refractivity contribution is 9.10. The molecule has 4 amide bonds. The largest absolute Gasteiger partial charge is 0.335 e. The molecule has 0 saturated carbocycles. The van der Waals surface area contributed by atoms with Crippen LogP contribution >= 0.6 is 27.3 Å². The fraction of sp³-hybridized carbons (Fsp3) is 0.176. The van der Waals surface area contributed by atoms with Crippen molar-refractivity contribution < 1.29 is 19.2 Å². The van der Waals surface area contributed by atoms with E-state index in [0.717, 1.165) is 10.5 Å². The number of hydrogen-bond donors (Lipinski definition) is 0. The molecule has 0 radical (unpaired) electrons. The first-order valence-electron chi connectivity index (χ1n) is 7.42. The summed E-state index contributed by atoms with van der Waals surface area (Å²) in [5, 5.41) is 1.72. The minimum atomic E-state index is -0.978. The Balaban J connectivity index is 1.82. The molecule has 1 atom stereocenters. The molecule has 1 saturated heterocycles. The number of nitrogens with zero attached hydrogens (tertiary/aromatic N) is 2. The quantitative estimate of drug-likeness (QED) is 0.422. The van der Waals surface area contributed by atoms with Crippen molar-refractivity contribution in [3.8, 4) is 0 Å². The molecule has 0 bridgehead atoms. The van der Waals surface area contributed by atoms with Gasteiger partial charge in [0.25, 0.3) is 0 Å². The number of hydrogen-bond acceptors (Lipinski definition) is 5. The van der Waals surface area contributed by atoms with Crippen LogP contribution in [-0.2, 0) is 9.59 Å². The lowest BCUT2D eigenvalue weighted by Gasteiger charge is -2.22. The van der Waals surface area contributed by atoms with Gasteiger partial charge in [0.2, 0.25) is 0 Å². The summed E-state index contributed by atoms with van der Waals surface area (Å²) in [6.07, 6.45) is 0. The molecule has 3 rings (SSSR count). The summed E-state index contributed by atoms with van der Waals surface area (Å²) in [5.74, 6) is -2.29. The molecule has 6 nitrogen and oxygen atoms in total. The smallest absolute Gasteiger partial charge is 0.291 e. The average Bonchev–Trinajstić information content (AvgIpc) is 3.12. The van der Waals surface area contributed by atoms with Gasteiger partial charge in [0.15, 0.2) is 5.78 Å². The Hall–Kier alpha value is -2.32. The molecule has 1 aliphatic heterocycles. The van der Waals surface area contributed by atoms with Gasteiger partial charge in [-0.05, 0) is 39.9 Å². The molecule has 128 valence electrons. The summed E-state index contributed by atoms with van der Waals surface area (Å²) >= 11 is 4.45. The number of benzene rings is 1. The molecule has 1 aromatic carbocycles. The summed E-state index contributed by atoms with van der Waals surface area (Å²) < 4.78 is 0.599. The van der Waals surface area contributed by atoms with Gasteiger partial charge in [-0.2, -0.15) is 0 Å². The zero-order valence-electron chi connectivity index (χ0n) is 13.1. The van der Waals surface area contributed by atoms with Gasteiger partial charge < -0.3 is 0 Å². The van der Waals surface area contributed by atoms with Crippen molar-refractivity contribution in [3.05, 3.63) is 56.7 Å². The lowest BCUT2D eigenvalue weighted by molar-refractivity contribution is -0.143. The monoisotopic (exact) mass is 420 g/mol. The second-order valence-corrected chi connectivity index (χ2v) is 7.23. The van der Waals surface area contributed by atoms with Gasteiger partial charge in [-0.25, -0.2) is 14.6 Å². The molecule has 0 aliphatic carbocycles. The number of rotatable bonds is 5. The molecule has 1 unspecified atom stereocenters. The summed E-state index contributed by atoms with van der Waals surface area (Å²) in [5.41, 5.74) is 0.728. The molecule has 0 N–H and O–H groups in total. The Morgan fingerprint density at radius 3 is 2.40 bits per heavy atom. The third kappa shape index (κ3) is 3.14. The highest BCUT2D eigenvalue weighted by Crippen LogP contribution is 2.28. The van der Waals surface area contributed by atoms with Crippen LogP contribution in [0.3, 0.4) is 0 Å². The molecule has 1 fully saturated rings. The van der Waals surface area contributed by atoms with E-state index in [0.29, 0.717) is 14.2 Å². The third-order valence-electron chi connectivity index (χ3n) is 3.93. The normalized spacial score (nSPS) is 15.8. The molecule has 1 aromatic heterocycles. The maximum atomic E-state index is 12.6. The Morgan fingerprint density at radius 2 is 1.80 bits per heavy atom. The maximum absolute atomic E-state index is 12.6. The zero-order valence-corrected chi connectivity index (χ0v) is 15.5. The van der Waals surface area contributed by atoms with E-state index in [1.807, 2.05) is 6.07 Å². The Labute approximate surface area is 156 Å². The number of urea groups is 1. The minimum absolute atomic E-state index is 0.398. The first-order valence-corrected chi connectivity index (χ1v) is 9.09. The Morgan fingerprint density at radius 1 is 1.12 bits per heavy atom. The van der Waals surface area contributed by atoms with Crippen molar-refractivity contribution in [2.24, 2.45) is 0 Å². The van der Waals surface area contributed by atoms with Crippen LogP contribution in [0.15, 0.2) is 46.3 Å².